The standard InChI is InChI=1S/C17H15ClF3N3O/c1-25-12-4-2-10(3-5-12)15-14(6-7-22)24-9-11(17(19,20)21)8-13(18)16(24)23-15/h2-5,8-9H,6-7,22H2,1H3. The fourth-order valence-electron chi connectivity index (χ4n) is 2.66. The van der Waals surface area contributed by atoms with Crippen LogP contribution in [0.5, 0.6) is 5.75 Å². The zero-order chi connectivity index (χ0) is 18.2. The smallest absolute Gasteiger partial charge is 0.417 e. The molecule has 0 atom stereocenters. The minimum absolute atomic E-state index is 0.0622. The Morgan fingerprint density at radius 2 is 1.92 bits per heavy atom. The highest BCUT2D eigenvalue weighted by Crippen LogP contribution is 2.35. The van der Waals surface area contributed by atoms with Gasteiger partial charge in [-0.25, -0.2) is 4.98 Å². The molecule has 4 nitrogen and oxygen atoms in total. The molecule has 0 amide bonds. The molecule has 0 bridgehead atoms. The van der Waals surface area contributed by atoms with Crippen molar-refractivity contribution in [2.75, 3.05) is 13.7 Å². The second kappa shape index (κ2) is 6.57. The summed E-state index contributed by atoms with van der Waals surface area (Å²) in [6, 6.07) is 7.98. The maximum atomic E-state index is 13.1. The number of methoxy groups -OCH3 is 1. The van der Waals surface area contributed by atoms with Gasteiger partial charge in [0.1, 0.15) is 5.75 Å². The number of fused-ring (bicyclic) bond motifs is 1. The first-order chi connectivity index (χ1) is 11.8. The molecule has 3 rings (SSSR count). The maximum absolute atomic E-state index is 13.1. The zero-order valence-corrected chi connectivity index (χ0v) is 14.0. The topological polar surface area (TPSA) is 52.5 Å². The number of pyridine rings is 1. The number of hydrogen-bond donors (Lipinski definition) is 1. The Bertz CT molecular complexity index is 904. The average Bonchev–Trinajstić information content (AvgIpc) is 2.94. The van der Waals surface area contributed by atoms with Gasteiger partial charge in [-0.3, -0.25) is 0 Å². The van der Waals surface area contributed by atoms with Crippen molar-refractivity contribution < 1.29 is 17.9 Å². The molecule has 0 saturated carbocycles. The first-order valence-electron chi connectivity index (χ1n) is 7.47. The lowest BCUT2D eigenvalue weighted by Gasteiger charge is -2.10. The summed E-state index contributed by atoms with van der Waals surface area (Å²) >= 11 is 6.05. The van der Waals surface area contributed by atoms with Gasteiger partial charge in [-0.15, -0.1) is 0 Å². The summed E-state index contributed by atoms with van der Waals surface area (Å²) < 4.78 is 45.8. The van der Waals surface area contributed by atoms with Gasteiger partial charge in [-0.05, 0) is 36.9 Å². The molecule has 0 aliphatic rings. The second-order valence-corrected chi connectivity index (χ2v) is 5.85. The number of alkyl halides is 3. The Kier molecular flexibility index (Phi) is 4.62. The van der Waals surface area contributed by atoms with E-state index in [4.69, 9.17) is 22.1 Å². The molecular weight excluding hydrogens is 355 g/mol. The zero-order valence-electron chi connectivity index (χ0n) is 13.3. The molecule has 1 aromatic carbocycles. The van der Waals surface area contributed by atoms with Crippen molar-refractivity contribution in [3.63, 3.8) is 0 Å². The number of aromatic nitrogens is 2. The minimum Gasteiger partial charge on any atom is -0.497 e. The highest BCUT2D eigenvalue weighted by atomic mass is 35.5. The van der Waals surface area contributed by atoms with E-state index in [9.17, 15) is 13.2 Å². The predicted molar refractivity (Wildman–Crippen MR) is 90.0 cm³/mol. The van der Waals surface area contributed by atoms with Crippen molar-refractivity contribution in [2.24, 2.45) is 5.73 Å². The van der Waals surface area contributed by atoms with Crippen LogP contribution in [0.2, 0.25) is 5.02 Å². The van der Waals surface area contributed by atoms with Crippen LogP contribution in [0.25, 0.3) is 16.9 Å². The van der Waals surface area contributed by atoms with Crippen LogP contribution in [0.4, 0.5) is 13.2 Å². The Balaban J connectivity index is 2.24. The van der Waals surface area contributed by atoms with E-state index >= 15 is 0 Å². The summed E-state index contributed by atoms with van der Waals surface area (Å²) in [7, 11) is 1.55. The van der Waals surface area contributed by atoms with Gasteiger partial charge in [0.2, 0.25) is 0 Å². The Morgan fingerprint density at radius 1 is 1.24 bits per heavy atom. The molecule has 0 aliphatic heterocycles. The van der Waals surface area contributed by atoms with Crippen LogP contribution in [-0.4, -0.2) is 23.0 Å². The maximum Gasteiger partial charge on any atom is 0.417 e. The Morgan fingerprint density at radius 3 is 2.48 bits per heavy atom. The number of nitrogens with two attached hydrogens (primary N) is 1. The van der Waals surface area contributed by atoms with E-state index in [-0.39, 0.29) is 17.2 Å². The Hall–Kier alpha value is -2.25. The number of benzene rings is 1. The highest BCUT2D eigenvalue weighted by Gasteiger charge is 2.32. The fourth-order valence-corrected chi connectivity index (χ4v) is 2.91. The number of imidazole rings is 1. The number of ether oxygens (including phenoxy) is 1. The van der Waals surface area contributed by atoms with Crippen molar-refractivity contribution in [3.05, 3.63) is 52.8 Å². The van der Waals surface area contributed by atoms with Gasteiger partial charge in [0.15, 0.2) is 5.65 Å². The van der Waals surface area contributed by atoms with Gasteiger partial charge in [0.25, 0.3) is 0 Å². The van der Waals surface area contributed by atoms with E-state index in [1.165, 1.54) is 4.40 Å². The summed E-state index contributed by atoms with van der Waals surface area (Å²) in [4.78, 5) is 4.45. The lowest BCUT2D eigenvalue weighted by atomic mass is 10.1. The van der Waals surface area contributed by atoms with Gasteiger partial charge < -0.3 is 14.9 Å². The molecular formula is C17H15ClF3N3O. The number of rotatable bonds is 4. The molecule has 2 heterocycles. The van der Waals surface area contributed by atoms with Gasteiger partial charge in [0.05, 0.1) is 29.1 Å². The Labute approximate surface area is 147 Å². The van der Waals surface area contributed by atoms with E-state index < -0.39 is 11.7 Å². The lowest BCUT2D eigenvalue weighted by molar-refractivity contribution is -0.137. The molecule has 0 unspecified atom stereocenters. The molecule has 0 saturated heterocycles. The molecule has 132 valence electrons. The molecule has 2 N–H and O–H groups in total. The van der Waals surface area contributed by atoms with Crippen molar-refractivity contribution in [1.82, 2.24) is 9.38 Å². The monoisotopic (exact) mass is 369 g/mol. The van der Waals surface area contributed by atoms with E-state index in [0.717, 1.165) is 17.8 Å². The minimum atomic E-state index is -4.50. The molecule has 0 fully saturated rings. The number of hydrogen-bond acceptors (Lipinski definition) is 3. The molecule has 3 aromatic rings. The molecule has 0 radical (unpaired) electrons. The van der Waals surface area contributed by atoms with Gasteiger partial charge in [-0.1, -0.05) is 11.6 Å². The quantitative estimate of drug-likeness (QED) is 0.750. The predicted octanol–water partition coefficient (Wildman–Crippen LogP) is 4.18. The number of halogens is 4. The summed E-state index contributed by atoms with van der Waals surface area (Å²) in [5, 5.41) is -0.0622. The normalized spacial score (nSPS) is 11.9. The third kappa shape index (κ3) is 3.29. The van der Waals surface area contributed by atoms with Crippen LogP contribution in [0.3, 0.4) is 0 Å². The van der Waals surface area contributed by atoms with Crippen molar-refractivity contribution in [2.45, 2.75) is 12.6 Å². The third-order valence-corrected chi connectivity index (χ3v) is 4.12. The van der Waals surface area contributed by atoms with Crippen LogP contribution in [0.15, 0.2) is 36.5 Å². The summed E-state index contributed by atoms with van der Waals surface area (Å²) in [5.41, 5.74) is 6.96. The largest absolute Gasteiger partial charge is 0.497 e. The molecule has 8 heteroatoms. The van der Waals surface area contributed by atoms with Gasteiger partial charge in [0, 0.05) is 18.2 Å². The van der Waals surface area contributed by atoms with E-state index in [1.54, 1.807) is 31.4 Å². The van der Waals surface area contributed by atoms with Gasteiger partial charge >= 0.3 is 6.18 Å². The highest BCUT2D eigenvalue weighted by molar-refractivity contribution is 6.33. The van der Waals surface area contributed by atoms with E-state index in [1.807, 2.05) is 0 Å². The average molecular weight is 370 g/mol. The first-order valence-corrected chi connectivity index (χ1v) is 7.85. The lowest BCUT2D eigenvalue weighted by Crippen LogP contribution is -2.10. The van der Waals surface area contributed by atoms with Crippen LogP contribution < -0.4 is 10.5 Å². The molecule has 2 aromatic heterocycles. The van der Waals surface area contributed by atoms with E-state index in [0.29, 0.717) is 23.6 Å². The SMILES string of the molecule is COc1ccc(-c2nc3c(Cl)cc(C(F)(F)F)cn3c2CCN)cc1. The van der Waals surface area contributed by atoms with Gasteiger partial charge in [-0.2, -0.15) is 13.2 Å². The van der Waals surface area contributed by atoms with Crippen LogP contribution in [-0.2, 0) is 12.6 Å². The van der Waals surface area contributed by atoms with Crippen molar-refractivity contribution in [1.29, 1.82) is 0 Å². The third-order valence-electron chi connectivity index (χ3n) is 3.85. The first kappa shape index (κ1) is 17.6. The molecule has 0 spiro atoms. The molecule has 0 aliphatic carbocycles. The van der Waals surface area contributed by atoms with E-state index in [2.05, 4.69) is 4.98 Å². The fraction of sp³-hybridized carbons (Fsp3) is 0.235. The second-order valence-electron chi connectivity index (χ2n) is 5.44. The summed E-state index contributed by atoms with van der Waals surface area (Å²) in [6.45, 7) is 0.269. The van der Waals surface area contributed by atoms with Crippen molar-refractivity contribution >= 4 is 17.2 Å². The molecule has 25 heavy (non-hydrogen) atoms. The van der Waals surface area contributed by atoms with Crippen LogP contribution in [0.1, 0.15) is 11.3 Å². The number of nitrogens with zero attached hydrogens (tertiary/aromatic N) is 2. The summed E-state index contributed by atoms with van der Waals surface area (Å²) in [6.07, 6.45) is -3.13. The summed E-state index contributed by atoms with van der Waals surface area (Å²) in [5.74, 6) is 0.672. The van der Waals surface area contributed by atoms with Crippen LogP contribution in [0, 0.1) is 0 Å². The van der Waals surface area contributed by atoms with Crippen LogP contribution >= 0.6 is 11.6 Å². The van der Waals surface area contributed by atoms with Crippen molar-refractivity contribution in [3.8, 4) is 17.0 Å².